The maximum absolute atomic E-state index is 9.84. The number of para-hydroxylation sites is 1. The van der Waals surface area contributed by atoms with Crippen molar-refractivity contribution < 1.29 is 9.84 Å². The third-order valence-corrected chi connectivity index (χ3v) is 3.36. The van der Waals surface area contributed by atoms with Crippen molar-refractivity contribution in [3.63, 3.8) is 0 Å². The van der Waals surface area contributed by atoms with Crippen molar-refractivity contribution in [1.82, 2.24) is 10.3 Å². The van der Waals surface area contributed by atoms with Crippen LogP contribution in [0.4, 0.5) is 0 Å². The minimum absolute atomic E-state index is 0.390. The lowest BCUT2D eigenvalue weighted by Crippen LogP contribution is -2.30. The van der Waals surface area contributed by atoms with Gasteiger partial charge in [-0.05, 0) is 18.1 Å². The molecule has 2 N–H and O–H groups in total. The van der Waals surface area contributed by atoms with Crippen molar-refractivity contribution in [3.8, 4) is 0 Å². The van der Waals surface area contributed by atoms with Gasteiger partial charge < -0.3 is 15.2 Å². The largest absolute Gasteiger partial charge is 0.389 e. The van der Waals surface area contributed by atoms with E-state index in [4.69, 9.17) is 4.74 Å². The van der Waals surface area contributed by atoms with Crippen LogP contribution in [-0.4, -0.2) is 36.0 Å². The Kier molecular flexibility index (Phi) is 6.60. The van der Waals surface area contributed by atoms with Gasteiger partial charge in [0.15, 0.2) is 0 Å². The minimum Gasteiger partial charge on any atom is -0.389 e. The summed E-state index contributed by atoms with van der Waals surface area (Å²) in [4.78, 5) is 4.42. The van der Waals surface area contributed by atoms with E-state index >= 15 is 0 Å². The Morgan fingerprint density at radius 3 is 3.00 bits per heavy atom. The fourth-order valence-corrected chi connectivity index (χ4v) is 2.21. The van der Waals surface area contributed by atoms with Gasteiger partial charge in [0.2, 0.25) is 0 Å². The van der Waals surface area contributed by atoms with Gasteiger partial charge in [-0.25, -0.2) is 0 Å². The van der Waals surface area contributed by atoms with Crippen molar-refractivity contribution in [2.75, 3.05) is 19.8 Å². The van der Waals surface area contributed by atoms with Crippen molar-refractivity contribution in [1.29, 1.82) is 0 Å². The predicted octanol–water partition coefficient (Wildman–Crippen LogP) is 2.50. The molecule has 0 aliphatic carbocycles. The predicted molar refractivity (Wildman–Crippen MR) is 85.2 cm³/mol. The van der Waals surface area contributed by atoms with E-state index in [0.717, 1.165) is 35.9 Å². The number of hydrogen-bond donors (Lipinski definition) is 2. The summed E-state index contributed by atoms with van der Waals surface area (Å²) in [5.74, 6) is 0. The van der Waals surface area contributed by atoms with E-state index in [2.05, 4.69) is 35.4 Å². The number of unbranched alkanes of at least 4 members (excludes halogenated alkanes) is 1. The number of benzene rings is 1. The van der Waals surface area contributed by atoms with E-state index in [1.165, 1.54) is 0 Å². The third-order valence-electron chi connectivity index (χ3n) is 3.36. The highest BCUT2D eigenvalue weighted by atomic mass is 16.5. The molecule has 114 valence electrons. The SMILES string of the molecule is CCCCOCC(O)CNCc1cccc2cccnc12. The number of hydrogen-bond acceptors (Lipinski definition) is 4. The van der Waals surface area contributed by atoms with Crippen LogP contribution < -0.4 is 5.32 Å². The highest BCUT2D eigenvalue weighted by molar-refractivity contribution is 5.81. The summed E-state index contributed by atoms with van der Waals surface area (Å²) in [6.45, 7) is 4.46. The molecule has 0 aliphatic heterocycles. The van der Waals surface area contributed by atoms with Crippen LogP contribution in [0.3, 0.4) is 0 Å². The summed E-state index contributed by atoms with van der Waals surface area (Å²) in [7, 11) is 0. The second-order valence-corrected chi connectivity index (χ2v) is 5.21. The van der Waals surface area contributed by atoms with Crippen LogP contribution in [0.15, 0.2) is 36.5 Å². The Bertz CT molecular complexity index is 540. The van der Waals surface area contributed by atoms with Crippen molar-refractivity contribution in [2.24, 2.45) is 0 Å². The third kappa shape index (κ3) is 5.08. The van der Waals surface area contributed by atoms with Crippen molar-refractivity contribution in [2.45, 2.75) is 32.4 Å². The van der Waals surface area contributed by atoms with Gasteiger partial charge >= 0.3 is 0 Å². The van der Waals surface area contributed by atoms with E-state index in [-0.39, 0.29) is 0 Å². The fourth-order valence-electron chi connectivity index (χ4n) is 2.21. The van der Waals surface area contributed by atoms with Gasteiger partial charge in [-0.2, -0.15) is 0 Å². The molecule has 0 spiro atoms. The van der Waals surface area contributed by atoms with Crippen LogP contribution in [-0.2, 0) is 11.3 Å². The lowest BCUT2D eigenvalue weighted by molar-refractivity contribution is 0.0358. The lowest BCUT2D eigenvalue weighted by atomic mass is 10.1. The van der Waals surface area contributed by atoms with Gasteiger partial charge in [-0.15, -0.1) is 0 Å². The van der Waals surface area contributed by atoms with Crippen LogP contribution in [0, 0.1) is 0 Å². The molecule has 1 atom stereocenters. The van der Waals surface area contributed by atoms with Gasteiger partial charge in [-0.1, -0.05) is 37.6 Å². The van der Waals surface area contributed by atoms with Crippen LogP contribution in [0.25, 0.3) is 10.9 Å². The smallest absolute Gasteiger partial charge is 0.0897 e. The summed E-state index contributed by atoms with van der Waals surface area (Å²) in [6.07, 6.45) is 3.50. The Labute approximate surface area is 126 Å². The molecule has 4 heteroatoms. The van der Waals surface area contributed by atoms with E-state index < -0.39 is 6.10 Å². The maximum Gasteiger partial charge on any atom is 0.0897 e. The first-order chi connectivity index (χ1) is 10.3. The quantitative estimate of drug-likeness (QED) is 0.696. The molecule has 0 saturated carbocycles. The second kappa shape index (κ2) is 8.72. The van der Waals surface area contributed by atoms with Crippen LogP contribution in [0.1, 0.15) is 25.3 Å². The molecule has 1 aromatic heterocycles. The monoisotopic (exact) mass is 288 g/mol. The molecule has 2 rings (SSSR count). The lowest BCUT2D eigenvalue weighted by Gasteiger charge is -2.13. The highest BCUT2D eigenvalue weighted by Crippen LogP contribution is 2.15. The summed E-state index contributed by atoms with van der Waals surface area (Å²) >= 11 is 0. The number of fused-ring (bicyclic) bond motifs is 1. The zero-order valence-corrected chi connectivity index (χ0v) is 12.6. The summed E-state index contributed by atoms with van der Waals surface area (Å²) in [5.41, 5.74) is 2.16. The van der Waals surface area contributed by atoms with Gasteiger partial charge in [0, 0.05) is 31.3 Å². The number of ether oxygens (including phenoxy) is 1. The minimum atomic E-state index is -0.468. The molecule has 0 aliphatic rings. The number of aliphatic hydroxyl groups is 1. The van der Waals surface area contributed by atoms with Crippen LogP contribution in [0.2, 0.25) is 0 Å². The highest BCUT2D eigenvalue weighted by Gasteiger charge is 2.05. The van der Waals surface area contributed by atoms with Gasteiger partial charge in [0.25, 0.3) is 0 Å². The zero-order chi connectivity index (χ0) is 14.9. The Hall–Kier alpha value is -1.49. The van der Waals surface area contributed by atoms with Gasteiger partial charge in [0.1, 0.15) is 0 Å². The molecule has 0 saturated heterocycles. The molecule has 1 heterocycles. The maximum atomic E-state index is 9.84. The number of nitrogens with one attached hydrogen (secondary N) is 1. The molecule has 4 nitrogen and oxygen atoms in total. The number of aliphatic hydroxyl groups excluding tert-OH is 1. The first-order valence-corrected chi connectivity index (χ1v) is 7.60. The molecule has 1 unspecified atom stereocenters. The molecule has 1 aromatic carbocycles. The van der Waals surface area contributed by atoms with Gasteiger partial charge in [-0.3, -0.25) is 4.98 Å². The molecule has 0 fully saturated rings. The molecule has 0 radical (unpaired) electrons. The average Bonchev–Trinajstić information content (AvgIpc) is 2.52. The zero-order valence-electron chi connectivity index (χ0n) is 12.6. The topological polar surface area (TPSA) is 54.4 Å². The van der Waals surface area contributed by atoms with E-state index in [1.54, 1.807) is 0 Å². The molecule has 0 bridgehead atoms. The normalized spacial score (nSPS) is 12.7. The molecule has 21 heavy (non-hydrogen) atoms. The van der Waals surface area contributed by atoms with Crippen LogP contribution >= 0.6 is 0 Å². The molecular formula is C17H24N2O2. The molecule has 2 aromatic rings. The van der Waals surface area contributed by atoms with E-state index in [1.807, 2.05) is 18.3 Å². The van der Waals surface area contributed by atoms with E-state index in [0.29, 0.717) is 19.7 Å². The Balaban J connectivity index is 1.77. The van der Waals surface area contributed by atoms with E-state index in [9.17, 15) is 5.11 Å². The van der Waals surface area contributed by atoms with Crippen molar-refractivity contribution >= 4 is 10.9 Å². The summed E-state index contributed by atoms with van der Waals surface area (Å²) in [5, 5.41) is 14.2. The number of aromatic nitrogens is 1. The summed E-state index contributed by atoms with van der Waals surface area (Å²) < 4.78 is 5.41. The number of pyridine rings is 1. The average molecular weight is 288 g/mol. The Morgan fingerprint density at radius 1 is 1.29 bits per heavy atom. The second-order valence-electron chi connectivity index (χ2n) is 5.21. The summed E-state index contributed by atoms with van der Waals surface area (Å²) in [6, 6.07) is 10.2. The first-order valence-electron chi connectivity index (χ1n) is 7.60. The number of nitrogens with zero attached hydrogens (tertiary/aromatic N) is 1. The van der Waals surface area contributed by atoms with Gasteiger partial charge in [0.05, 0.1) is 18.2 Å². The first kappa shape index (κ1) is 15.9. The fraction of sp³-hybridized carbons (Fsp3) is 0.471. The Morgan fingerprint density at radius 2 is 2.14 bits per heavy atom. The number of rotatable bonds is 9. The van der Waals surface area contributed by atoms with Crippen LogP contribution in [0.5, 0.6) is 0 Å². The standard InChI is InChI=1S/C17H24N2O2/c1-2-3-10-21-13-16(20)12-18-11-15-7-4-6-14-8-5-9-19-17(14)15/h4-9,16,18,20H,2-3,10-13H2,1H3. The molecule has 0 amide bonds. The molecular weight excluding hydrogens is 264 g/mol. The van der Waals surface area contributed by atoms with Crippen molar-refractivity contribution in [3.05, 3.63) is 42.1 Å².